The van der Waals surface area contributed by atoms with Gasteiger partial charge in [-0.1, -0.05) is 60.2 Å². The molecule has 0 radical (unpaired) electrons. The summed E-state index contributed by atoms with van der Waals surface area (Å²) < 4.78 is 0. The van der Waals surface area contributed by atoms with Crippen LogP contribution in [0.4, 0.5) is 0 Å². The second-order valence-corrected chi connectivity index (χ2v) is 5.47. The van der Waals surface area contributed by atoms with Gasteiger partial charge < -0.3 is 5.32 Å². The maximum absolute atomic E-state index is 11.8. The average molecular weight is 312 g/mol. The Hall–Kier alpha value is -2.66. The highest BCUT2D eigenvalue weighted by Crippen LogP contribution is 2.18. The molecular weight excluding hydrogens is 290 g/mol. The first-order valence-electron chi connectivity index (χ1n) is 7.56. The second-order valence-electron chi connectivity index (χ2n) is 5.47. The van der Waals surface area contributed by atoms with Crippen LogP contribution >= 0.6 is 0 Å². The summed E-state index contributed by atoms with van der Waals surface area (Å²) in [6.45, 7) is 3.61. The molecule has 4 N–H and O–H groups in total. The van der Waals surface area contributed by atoms with Crippen molar-refractivity contribution in [2.24, 2.45) is 0 Å². The number of carbonyl (C=O) groups is 2. The zero-order chi connectivity index (χ0) is 16.7. The number of quaternary nitrogens is 1. The van der Waals surface area contributed by atoms with Crippen molar-refractivity contribution in [3.63, 3.8) is 0 Å². The highest BCUT2D eigenvalue weighted by atomic mass is 16.2. The molecule has 1 atom stereocenters. The third kappa shape index (κ3) is 5.23. The van der Waals surface area contributed by atoms with E-state index in [9.17, 15) is 9.59 Å². The van der Waals surface area contributed by atoms with E-state index in [2.05, 4.69) is 35.1 Å². The number of carbonyl (C=O) groups excluding carboxylic acids is 2. The van der Waals surface area contributed by atoms with Crippen LogP contribution in [0.15, 0.2) is 54.6 Å². The molecule has 2 aromatic carbocycles. The molecule has 23 heavy (non-hydrogen) atoms. The second kappa shape index (κ2) is 8.10. The first-order chi connectivity index (χ1) is 11.1. The van der Waals surface area contributed by atoms with Crippen molar-refractivity contribution in [3.05, 3.63) is 71.3 Å². The quantitative estimate of drug-likeness (QED) is 0.715. The molecule has 120 valence electrons. The lowest BCUT2D eigenvalue weighted by Crippen LogP contribution is -2.88. The van der Waals surface area contributed by atoms with Gasteiger partial charge in [0, 0.05) is 18.1 Å². The number of aryl methyl sites for hydroxylation is 1. The van der Waals surface area contributed by atoms with Gasteiger partial charge >= 0.3 is 0 Å². The van der Waals surface area contributed by atoms with Gasteiger partial charge in [0.25, 0.3) is 5.91 Å². The Balaban J connectivity index is 2.10. The lowest BCUT2D eigenvalue weighted by molar-refractivity contribution is -0.676. The summed E-state index contributed by atoms with van der Waals surface area (Å²) in [4.78, 5) is 22.6. The first-order valence-corrected chi connectivity index (χ1v) is 7.56. The van der Waals surface area contributed by atoms with E-state index in [0.717, 1.165) is 11.1 Å². The van der Waals surface area contributed by atoms with Crippen LogP contribution in [0, 0.1) is 6.92 Å². The van der Waals surface area contributed by atoms with E-state index in [1.54, 1.807) is 0 Å². The van der Waals surface area contributed by atoms with Crippen molar-refractivity contribution in [2.75, 3.05) is 6.54 Å². The fourth-order valence-corrected chi connectivity index (χ4v) is 2.33. The lowest BCUT2D eigenvalue weighted by atomic mass is 9.98. The van der Waals surface area contributed by atoms with Crippen LogP contribution in [0.25, 0.3) is 0 Å². The highest BCUT2D eigenvalue weighted by molar-refractivity contribution is 5.81. The summed E-state index contributed by atoms with van der Waals surface area (Å²) in [5.74, 6) is -0.537. The minimum Gasteiger partial charge on any atom is -0.328 e. The summed E-state index contributed by atoms with van der Waals surface area (Å²) >= 11 is 0. The number of hydrazine groups is 1. The molecule has 0 aliphatic heterocycles. The zero-order valence-electron chi connectivity index (χ0n) is 13.4. The first kappa shape index (κ1) is 16.7. The molecule has 0 fully saturated rings. The molecule has 2 aromatic rings. The van der Waals surface area contributed by atoms with Crippen LogP contribution in [0.3, 0.4) is 0 Å². The number of hydrogen-bond acceptors (Lipinski definition) is 2. The molecule has 5 heteroatoms. The topological polar surface area (TPSA) is 74.8 Å². The lowest BCUT2D eigenvalue weighted by Gasteiger charge is -2.16. The normalized spacial score (nSPS) is 11.6. The van der Waals surface area contributed by atoms with E-state index in [1.807, 2.05) is 42.6 Å². The van der Waals surface area contributed by atoms with Gasteiger partial charge in [0.2, 0.25) is 5.91 Å². The van der Waals surface area contributed by atoms with Crippen molar-refractivity contribution in [1.29, 1.82) is 0 Å². The smallest absolute Gasteiger partial charge is 0.293 e. The van der Waals surface area contributed by atoms with Crippen LogP contribution in [0.1, 0.15) is 29.7 Å². The van der Waals surface area contributed by atoms with E-state index in [0.29, 0.717) is 0 Å². The van der Waals surface area contributed by atoms with Gasteiger partial charge in [0.05, 0.1) is 0 Å². The van der Waals surface area contributed by atoms with Crippen molar-refractivity contribution < 1.29 is 14.9 Å². The van der Waals surface area contributed by atoms with Gasteiger partial charge in [-0.15, -0.1) is 0 Å². The Labute approximate surface area is 136 Å². The maximum Gasteiger partial charge on any atom is 0.293 e. The zero-order valence-corrected chi connectivity index (χ0v) is 13.4. The SMILES string of the molecule is CC(=O)NNC(=O)C[NH2+][C@H](c1ccccc1)c1ccc(C)cc1. The number of nitrogens with two attached hydrogens (primary N) is 1. The standard InChI is InChI=1S/C18H21N3O2/c1-13-8-10-16(11-9-13)18(15-6-4-3-5-7-15)19-12-17(23)21-20-14(2)22/h3-11,18-19H,12H2,1-2H3,(H,20,22)(H,21,23)/p+1/t18-/m1/s1. The van der Waals surface area contributed by atoms with E-state index >= 15 is 0 Å². The van der Waals surface area contributed by atoms with Gasteiger partial charge in [0.15, 0.2) is 6.54 Å². The Morgan fingerprint density at radius 3 is 2.17 bits per heavy atom. The average Bonchev–Trinajstić information content (AvgIpc) is 2.55. The van der Waals surface area contributed by atoms with Gasteiger partial charge in [-0.2, -0.15) is 0 Å². The van der Waals surface area contributed by atoms with Crippen molar-refractivity contribution in [2.45, 2.75) is 19.9 Å². The molecule has 0 saturated heterocycles. The van der Waals surface area contributed by atoms with Crippen molar-refractivity contribution >= 4 is 11.8 Å². The van der Waals surface area contributed by atoms with Crippen LogP contribution < -0.4 is 16.2 Å². The van der Waals surface area contributed by atoms with E-state index in [4.69, 9.17) is 0 Å². The van der Waals surface area contributed by atoms with Gasteiger partial charge in [0.1, 0.15) is 6.04 Å². The van der Waals surface area contributed by atoms with E-state index in [1.165, 1.54) is 12.5 Å². The molecule has 0 saturated carbocycles. The molecule has 2 amide bonds. The van der Waals surface area contributed by atoms with Crippen molar-refractivity contribution in [3.8, 4) is 0 Å². The third-order valence-corrected chi connectivity index (χ3v) is 3.51. The molecule has 0 aromatic heterocycles. The summed E-state index contributed by atoms with van der Waals surface area (Å²) in [6, 6.07) is 18.4. The maximum atomic E-state index is 11.8. The molecule has 2 rings (SSSR count). The Morgan fingerprint density at radius 2 is 1.57 bits per heavy atom. The molecule has 0 aliphatic rings. The number of rotatable bonds is 5. The minimum absolute atomic E-state index is 0.0277. The Morgan fingerprint density at radius 1 is 0.957 bits per heavy atom. The van der Waals surface area contributed by atoms with Crippen molar-refractivity contribution in [1.82, 2.24) is 10.9 Å². The van der Waals surface area contributed by atoms with Gasteiger partial charge in [-0.25, -0.2) is 0 Å². The summed E-state index contributed by atoms with van der Waals surface area (Å²) in [5.41, 5.74) is 8.14. The summed E-state index contributed by atoms with van der Waals surface area (Å²) in [7, 11) is 0. The van der Waals surface area contributed by atoms with E-state index in [-0.39, 0.29) is 24.4 Å². The van der Waals surface area contributed by atoms with Crippen LogP contribution in [0.2, 0.25) is 0 Å². The molecular formula is C18H22N3O2+. The third-order valence-electron chi connectivity index (χ3n) is 3.51. The van der Waals surface area contributed by atoms with Crippen LogP contribution in [0.5, 0.6) is 0 Å². The number of amides is 2. The van der Waals surface area contributed by atoms with Crippen LogP contribution in [-0.2, 0) is 9.59 Å². The Kier molecular flexibility index (Phi) is 5.88. The molecule has 0 bridgehead atoms. The number of benzene rings is 2. The number of hydrogen-bond donors (Lipinski definition) is 3. The predicted molar refractivity (Wildman–Crippen MR) is 88.2 cm³/mol. The molecule has 0 unspecified atom stereocenters. The highest BCUT2D eigenvalue weighted by Gasteiger charge is 2.18. The molecule has 0 spiro atoms. The summed E-state index contributed by atoms with van der Waals surface area (Å²) in [5, 5.41) is 1.96. The Bertz CT molecular complexity index is 654. The summed E-state index contributed by atoms with van der Waals surface area (Å²) in [6.07, 6.45) is 0. The molecule has 0 heterocycles. The largest absolute Gasteiger partial charge is 0.328 e. The van der Waals surface area contributed by atoms with Crippen LogP contribution in [-0.4, -0.2) is 18.4 Å². The molecule has 5 nitrogen and oxygen atoms in total. The minimum atomic E-state index is -0.295. The van der Waals surface area contributed by atoms with Gasteiger partial charge in [-0.05, 0) is 6.92 Å². The molecule has 0 aliphatic carbocycles. The number of nitrogens with one attached hydrogen (secondary N) is 2. The monoisotopic (exact) mass is 312 g/mol. The fraction of sp³-hybridized carbons (Fsp3) is 0.222. The fourth-order valence-electron chi connectivity index (χ4n) is 2.33. The van der Waals surface area contributed by atoms with Gasteiger partial charge in [-0.3, -0.25) is 20.4 Å². The van der Waals surface area contributed by atoms with E-state index < -0.39 is 0 Å². The predicted octanol–water partition coefficient (Wildman–Crippen LogP) is 0.815.